The smallest absolute Gasteiger partial charge is 0.227 e. The molecule has 8 heteroatoms. The molecule has 1 aromatic carbocycles. The molecule has 0 spiro atoms. The number of carbonyl (C=O) groups excluding carboxylic acids is 1. The van der Waals surface area contributed by atoms with Crippen molar-refractivity contribution in [3.05, 3.63) is 22.2 Å². The second-order valence-corrected chi connectivity index (χ2v) is 8.51. The van der Waals surface area contributed by atoms with Crippen molar-refractivity contribution < 1.29 is 13.2 Å². The van der Waals surface area contributed by atoms with E-state index in [1.54, 1.807) is 6.07 Å². The summed E-state index contributed by atoms with van der Waals surface area (Å²) in [7, 11) is -3.18. The van der Waals surface area contributed by atoms with Gasteiger partial charge in [-0.2, -0.15) is 0 Å². The number of nitrogens with one attached hydrogen (secondary N) is 1. The normalized spacial score (nSPS) is 17.4. The van der Waals surface area contributed by atoms with Crippen molar-refractivity contribution in [3.63, 3.8) is 0 Å². The molecule has 0 aliphatic carbocycles. The number of aryl methyl sites for hydroxylation is 1. The van der Waals surface area contributed by atoms with Gasteiger partial charge in [-0.25, -0.2) is 12.7 Å². The van der Waals surface area contributed by atoms with E-state index in [9.17, 15) is 13.2 Å². The number of piperidine rings is 1. The maximum absolute atomic E-state index is 12.3. The molecule has 1 aromatic rings. The molecule has 1 aliphatic heterocycles. The Morgan fingerprint density at radius 2 is 1.95 bits per heavy atom. The van der Waals surface area contributed by atoms with Crippen LogP contribution in [0.5, 0.6) is 0 Å². The summed E-state index contributed by atoms with van der Waals surface area (Å²) >= 11 is 3.38. The third-order valence-corrected chi connectivity index (χ3v) is 5.66. The lowest BCUT2D eigenvalue weighted by atomic mass is 9.97. The predicted octanol–water partition coefficient (Wildman–Crippen LogP) is 1.95. The second kappa shape index (κ2) is 6.55. The van der Waals surface area contributed by atoms with Gasteiger partial charge in [-0.1, -0.05) is 15.9 Å². The van der Waals surface area contributed by atoms with Crippen molar-refractivity contribution in [2.24, 2.45) is 5.92 Å². The molecule has 1 fully saturated rings. The summed E-state index contributed by atoms with van der Waals surface area (Å²) in [6.45, 7) is 2.63. The van der Waals surface area contributed by atoms with E-state index in [0.29, 0.717) is 37.3 Å². The molecule has 0 radical (unpaired) electrons. The van der Waals surface area contributed by atoms with E-state index >= 15 is 0 Å². The number of nitrogen functional groups attached to an aromatic ring is 1. The maximum Gasteiger partial charge on any atom is 0.227 e. The number of carbonyl (C=O) groups is 1. The summed E-state index contributed by atoms with van der Waals surface area (Å²) in [4.78, 5) is 12.3. The first kappa shape index (κ1) is 17.2. The average Bonchev–Trinajstić information content (AvgIpc) is 2.43. The second-order valence-electron chi connectivity index (χ2n) is 5.61. The highest BCUT2D eigenvalue weighted by atomic mass is 79.9. The lowest BCUT2D eigenvalue weighted by Gasteiger charge is -2.29. The Kier molecular flexibility index (Phi) is 5.14. The first-order valence-electron chi connectivity index (χ1n) is 7.00. The summed E-state index contributed by atoms with van der Waals surface area (Å²) in [5.74, 6) is -0.311. The summed E-state index contributed by atoms with van der Waals surface area (Å²) in [5.41, 5.74) is 8.00. The van der Waals surface area contributed by atoms with Gasteiger partial charge in [-0.3, -0.25) is 4.79 Å². The number of sulfonamides is 1. The minimum atomic E-state index is -3.18. The molecule has 0 unspecified atom stereocenters. The number of benzene rings is 1. The number of nitrogens with zero attached hydrogens (tertiary/aromatic N) is 1. The molecule has 6 nitrogen and oxygen atoms in total. The molecule has 0 bridgehead atoms. The minimum Gasteiger partial charge on any atom is -0.397 e. The molecule has 1 amide bonds. The molecule has 0 saturated carbocycles. The van der Waals surface area contributed by atoms with Gasteiger partial charge in [0.15, 0.2) is 0 Å². The Morgan fingerprint density at radius 3 is 2.50 bits per heavy atom. The molecule has 1 heterocycles. The molecule has 2 rings (SSSR count). The number of halogens is 1. The highest BCUT2D eigenvalue weighted by molar-refractivity contribution is 9.10. The molecule has 0 atom stereocenters. The third kappa shape index (κ3) is 3.99. The van der Waals surface area contributed by atoms with E-state index in [-0.39, 0.29) is 11.8 Å². The summed E-state index contributed by atoms with van der Waals surface area (Å²) in [5, 5.41) is 2.85. The molecule has 1 aliphatic rings. The molecular formula is C14H20BrN3O3S. The van der Waals surface area contributed by atoms with Crippen molar-refractivity contribution >= 4 is 43.2 Å². The van der Waals surface area contributed by atoms with Crippen LogP contribution in [-0.2, 0) is 14.8 Å². The minimum absolute atomic E-state index is 0.114. The topological polar surface area (TPSA) is 92.5 Å². The highest BCUT2D eigenvalue weighted by Crippen LogP contribution is 2.29. The van der Waals surface area contributed by atoms with Crippen LogP contribution in [0.2, 0.25) is 0 Å². The van der Waals surface area contributed by atoms with Crippen LogP contribution >= 0.6 is 15.9 Å². The Hall–Kier alpha value is -1.12. The van der Waals surface area contributed by atoms with E-state index < -0.39 is 10.0 Å². The van der Waals surface area contributed by atoms with Gasteiger partial charge >= 0.3 is 0 Å². The van der Waals surface area contributed by atoms with Gasteiger partial charge in [0.05, 0.1) is 17.6 Å². The fourth-order valence-corrected chi connectivity index (χ4v) is 3.99. The quantitative estimate of drug-likeness (QED) is 0.772. The molecular weight excluding hydrogens is 370 g/mol. The summed E-state index contributed by atoms with van der Waals surface area (Å²) in [6, 6.07) is 3.65. The molecule has 3 N–H and O–H groups in total. The zero-order chi connectivity index (χ0) is 16.5. The van der Waals surface area contributed by atoms with Crippen LogP contribution in [0, 0.1) is 12.8 Å². The van der Waals surface area contributed by atoms with Gasteiger partial charge in [0.1, 0.15) is 0 Å². The fourth-order valence-electron chi connectivity index (χ4n) is 2.54. The van der Waals surface area contributed by atoms with Crippen LogP contribution < -0.4 is 11.1 Å². The highest BCUT2D eigenvalue weighted by Gasteiger charge is 2.29. The van der Waals surface area contributed by atoms with Crippen molar-refractivity contribution in [1.82, 2.24) is 4.31 Å². The van der Waals surface area contributed by atoms with E-state index in [0.717, 1.165) is 10.0 Å². The van der Waals surface area contributed by atoms with E-state index in [1.165, 1.54) is 10.6 Å². The lowest BCUT2D eigenvalue weighted by Crippen LogP contribution is -2.40. The Morgan fingerprint density at radius 1 is 1.36 bits per heavy atom. The summed E-state index contributed by atoms with van der Waals surface area (Å²) in [6.07, 6.45) is 2.23. The van der Waals surface area contributed by atoms with Crippen LogP contribution in [0.25, 0.3) is 0 Å². The number of nitrogens with two attached hydrogens (primary N) is 1. The third-order valence-electron chi connectivity index (χ3n) is 3.90. The largest absolute Gasteiger partial charge is 0.397 e. The van der Waals surface area contributed by atoms with Gasteiger partial charge in [-0.15, -0.1) is 0 Å². The van der Waals surface area contributed by atoms with Crippen molar-refractivity contribution in [2.45, 2.75) is 19.8 Å². The van der Waals surface area contributed by atoms with Crippen molar-refractivity contribution in [3.8, 4) is 0 Å². The zero-order valence-electron chi connectivity index (χ0n) is 12.6. The average molecular weight is 390 g/mol. The zero-order valence-corrected chi connectivity index (χ0v) is 15.0. The number of anilines is 2. The van der Waals surface area contributed by atoms with Gasteiger partial charge < -0.3 is 11.1 Å². The van der Waals surface area contributed by atoms with Gasteiger partial charge in [0, 0.05) is 23.5 Å². The first-order chi connectivity index (χ1) is 10.2. The van der Waals surface area contributed by atoms with Gasteiger partial charge in [0.2, 0.25) is 15.9 Å². The number of hydrogen-bond donors (Lipinski definition) is 2. The lowest BCUT2D eigenvalue weighted by molar-refractivity contribution is -0.120. The Balaban J connectivity index is 2.03. The fraction of sp³-hybridized carbons (Fsp3) is 0.500. The summed E-state index contributed by atoms with van der Waals surface area (Å²) < 4.78 is 25.2. The monoisotopic (exact) mass is 389 g/mol. The Labute approximate surface area is 139 Å². The van der Waals surface area contributed by atoms with Crippen molar-refractivity contribution in [2.75, 3.05) is 30.4 Å². The SMILES string of the molecule is Cc1cc(Br)cc(NC(=O)C2CCN(S(C)(=O)=O)CC2)c1N. The van der Waals surface area contributed by atoms with Crippen LogP contribution in [0.15, 0.2) is 16.6 Å². The van der Waals surface area contributed by atoms with Crippen LogP contribution in [0.4, 0.5) is 11.4 Å². The van der Waals surface area contributed by atoms with E-state index in [4.69, 9.17) is 5.73 Å². The maximum atomic E-state index is 12.3. The molecule has 122 valence electrons. The Bertz CT molecular complexity index is 683. The van der Waals surface area contributed by atoms with Crippen LogP contribution in [0.1, 0.15) is 18.4 Å². The van der Waals surface area contributed by atoms with Crippen LogP contribution in [0.3, 0.4) is 0 Å². The predicted molar refractivity (Wildman–Crippen MR) is 91.1 cm³/mol. The van der Waals surface area contributed by atoms with Crippen molar-refractivity contribution in [1.29, 1.82) is 0 Å². The number of hydrogen-bond acceptors (Lipinski definition) is 4. The standard InChI is InChI=1S/C14H20BrN3O3S/c1-9-7-11(15)8-12(13(9)16)17-14(19)10-3-5-18(6-4-10)22(2,20)21/h7-8,10H,3-6,16H2,1-2H3,(H,17,19). The molecule has 0 aromatic heterocycles. The molecule has 22 heavy (non-hydrogen) atoms. The van der Waals surface area contributed by atoms with Gasteiger partial charge in [-0.05, 0) is 37.5 Å². The van der Waals surface area contributed by atoms with E-state index in [1.807, 2.05) is 13.0 Å². The number of amides is 1. The van der Waals surface area contributed by atoms with E-state index in [2.05, 4.69) is 21.2 Å². The number of rotatable bonds is 3. The molecule has 1 saturated heterocycles. The van der Waals surface area contributed by atoms with Gasteiger partial charge in [0.25, 0.3) is 0 Å². The van der Waals surface area contributed by atoms with Crippen LogP contribution in [-0.4, -0.2) is 38.0 Å². The first-order valence-corrected chi connectivity index (χ1v) is 9.64.